The molecule has 3 unspecified atom stereocenters. The Hall–Kier alpha value is -2.41. The number of carbonyl (C=O) groups is 1. The first-order chi connectivity index (χ1) is 18.6. The number of nitrogens with two attached hydrogens (primary N) is 1. The van der Waals surface area contributed by atoms with Crippen molar-refractivity contribution in [2.75, 3.05) is 26.9 Å². The van der Waals surface area contributed by atoms with Crippen LogP contribution >= 0.6 is 0 Å². The van der Waals surface area contributed by atoms with Crippen molar-refractivity contribution in [1.82, 2.24) is 5.32 Å². The van der Waals surface area contributed by atoms with E-state index in [0.29, 0.717) is 25.6 Å². The highest BCUT2D eigenvalue weighted by Crippen LogP contribution is 2.33. The van der Waals surface area contributed by atoms with Gasteiger partial charge in [0, 0.05) is 43.7 Å². The van der Waals surface area contributed by atoms with Crippen molar-refractivity contribution in [3.05, 3.63) is 54.1 Å². The highest BCUT2D eigenvalue weighted by Gasteiger charge is 2.28. The normalized spacial score (nSPS) is 14.2. The summed E-state index contributed by atoms with van der Waals surface area (Å²) in [5, 5.41) is 13.7. The van der Waals surface area contributed by atoms with Crippen molar-refractivity contribution in [2.45, 2.75) is 85.3 Å². The Kier molecular flexibility index (Phi) is 14.0. The van der Waals surface area contributed by atoms with Crippen molar-refractivity contribution >= 4 is 5.91 Å². The van der Waals surface area contributed by atoms with Crippen LogP contribution in [0.1, 0.15) is 72.3 Å². The second-order valence-electron chi connectivity index (χ2n) is 11.8. The number of aliphatic hydroxyl groups excluding tert-OH is 1. The van der Waals surface area contributed by atoms with Crippen LogP contribution in [0.25, 0.3) is 11.1 Å². The molecular formula is C33H52N2O4. The van der Waals surface area contributed by atoms with Gasteiger partial charge in [0.1, 0.15) is 5.75 Å². The highest BCUT2D eigenvalue weighted by atomic mass is 16.5. The summed E-state index contributed by atoms with van der Waals surface area (Å²) in [6.07, 6.45) is 4.41. The molecule has 0 aromatic heterocycles. The van der Waals surface area contributed by atoms with E-state index in [0.717, 1.165) is 49.0 Å². The number of rotatable bonds is 18. The Morgan fingerprint density at radius 2 is 1.79 bits per heavy atom. The number of benzene rings is 2. The standard InChI is InChI=1S/C33H52N2O4/c1-7-8-17-33(4,5)32(37)35-23-30(36)29(34)22-27(24(2)3)20-25-15-16-28(26-13-10-9-11-14-26)31(21-25)39-19-12-18-38-6/h9-11,13-16,21,24,27,29-30,36H,7-8,12,17-20,22-23,34H2,1-6H3,(H,35,37). The van der Waals surface area contributed by atoms with Gasteiger partial charge in [-0.1, -0.05) is 89.9 Å². The number of unbranched alkanes of at least 4 members (excludes halogenated alkanes) is 1. The van der Waals surface area contributed by atoms with Gasteiger partial charge in [-0.3, -0.25) is 4.79 Å². The molecule has 2 rings (SSSR count). The first kappa shape index (κ1) is 32.8. The summed E-state index contributed by atoms with van der Waals surface area (Å²) in [4.78, 5) is 12.7. The van der Waals surface area contributed by atoms with Crippen molar-refractivity contribution in [1.29, 1.82) is 0 Å². The zero-order valence-corrected chi connectivity index (χ0v) is 25.0. The lowest BCUT2D eigenvalue weighted by Crippen LogP contribution is -2.47. The van der Waals surface area contributed by atoms with Gasteiger partial charge in [-0.2, -0.15) is 0 Å². The third kappa shape index (κ3) is 10.9. The first-order valence-corrected chi connectivity index (χ1v) is 14.6. The Balaban J connectivity index is 2.07. The minimum Gasteiger partial charge on any atom is -0.493 e. The fourth-order valence-corrected chi connectivity index (χ4v) is 4.78. The van der Waals surface area contributed by atoms with Crippen LogP contribution < -0.4 is 15.8 Å². The molecule has 1 amide bonds. The summed E-state index contributed by atoms with van der Waals surface area (Å²) < 4.78 is 11.4. The molecule has 4 N–H and O–H groups in total. The second kappa shape index (κ2) is 16.6. The molecule has 6 heteroatoms. The Labute approximate surface area is 236 Å². The van der Waals surface area contributed by atoms with E-state index in [1.807, 2.05) is 32.0 Å². The minimum absolute atomic E-state index is 0.0286. The molecule has 0 fully saturated rings. The van der Waals surface area contributed by atoms with Crippen molar-refractivity contribution in [3.8, 4) is 16.9 Å². The topological polar surface area (TPSA) is 93.8 Å². The summed E-state index contributed by atoms with van der Waals surface area (Å²) in [5.41, 5.74) is 9.40. The molecule has 218 valence electrons. The number of hydrogen-bond donors (Lipinski definition) is 3. The van der Waals surface area contributed by atoms with Gasteiger partial charge < -0.3 is 25.6 Å². The molecule has 0 spiro atoms. The van der Waals surface area contributed by atoms with E-state index in [2.05, 4.69) is 56.4 Å². The number of aliphatic hydroxyl groups is 1. The van der Waals surface area contributed by atoms with Gasteiger partial charge in [-0.05, 0) is 48.3 Å². The Bertz CT molecular complexity index is 977. The smallest absolute Gasteiger partial charge is 0.225 e. The number of amides is 1. The van der Waals surface area contributed by atoms with Gasteiger partial charge in [0.25, 0.3) is 0 Å². The van der Waals surface area contributed by atoms with E-state index in [1.165, 1.54) is 5.56 Å². The largest absolute Gasteiger partial charge is 0.493 e. The molecule has 0 saturated carbocycles. The van der Waals surface area contributed by atoms with Crippen LogP contribution in [0.5, 0.6) is 5.75 Å². The molecule has 3 atom stereocenters. The molecule has 6 nitrogen and oxygen atoms in total. The Morgan fingerprint density at radius 1 is 1.08 bits per heavy atom. The number of nitrogens with one attached hydrogen (secondary N) is 1. The lowest BCUT2D eigenvalue weighted by molar-refractivity contribution is -0.130. The summed E-state index contributed by atoms with van der Waals surface area (Å²) in [6.45, 7) is 11.8. The molecule has 0 aliphatic rings. The van der Waals surface area contributed by atoms with Gasteiger partial charge in [0.2, 0.25) is 5.91 Å². The van der Waals surface area contributed by atoms with Crippen molar-refractivity contribution in [3.63, 3.8) is 0 Å². The number of ether oxygens (including phenoxy) is 2. The van der Waals surface area contributed by atoms with E-state index in [-0.39, 0.29) is 18.4 Å². The van der Waals surface area contributed by atoms with E-state index >= 15 is 0 Å². The van der Waals surface area contributed by atoms with Crippen LogP contribution in [0.2, 0.25) is 0 Å². The minimum atomic E-state index is -0.794. The molecule has 2 aromatic carbocycles. The van der Waals surface area contributed by atoms with Crippen LogP contribution in [0, 0.1) is 17.3 Å². The summed E-state index contributed by atoms with van der Waals surface area (Å²) >= 11 is 0. The molecule has 0 heterocycles. The average Bonchev–Trinajstić information content (AvgIpc) is 2.92. The van der Waals surface area contributed by atoms with Crippen molar-refractivity contribution in [2.24, 2.45) is 23.0 Å². The third-order valence-corrected chi connectivity index (χ3v) is 7.63. The van der Waals surface area contributed by atoms with Gasteiger partial charge in [-0.25, -0.2) is 0 Å². The van der Waals surface area contributed by atoms with Crippen LogP contribution in [0.3, 0.4) is 0 Å². The fourth-order valence-electron chi connectivity index (χ4n) is 4.78. The lowest BCUT2D eigenvalue weighted by atomic mass is 9.82. The lowest BCUT2D eigenvalue weighted by Gasteiger charge is -2.29. The molecule has 39 heavy (non-hydrogen) atoms. The highest BCUT2D eigenvalue weighted by molar-refractivity contribution is 5.81. The van der Waals surface area contributed by atoms with E-state index in [1.54, 1.807) is 7.11 Å². The SMILES string of the molecule is CCCCC(C)(C)C(=O)NCC(O)C(N)CC(Cc1ccc(-c2ccccc2)c(OCCCOC)c1)C(C)C. The molecule has 0 aliphatic carbocycles. The Morgan fingerprint density at radius 3 is 2.44 bits per heavy atom. The second-order valence-corrected chi connectivity index (χ2v) is 11.8. The number of methoxy groups -OCH3 is 1. The molecule has 0 bridgehead atoms. The fraction of sp³-hybridized carbons (Fsp3) is 0.606. The number of hydrogen-bond acceptors (Lipinski definition) is 5. The summed E-state index contributed by atoms with van der Waals surface area (Å²) in [5.74, 6) is 1.50. The van der Waals surface area contributed by atoms with E-state index in [9.17, 15) is 9.90 Å². The molecule has 0 aliphatic heterocycles. The van der Waals surface area contributed by atoms with E-state index in [4.69, 9.17) is 15.2 Å². The quantitative estimate of drug-likeness (QED) is 0.202. The maximum atomic E-state index is 12.7. The molecule has 2 aromatic rings. The van der Waals surface area contributed by atoms with Crippen LogP contribution in [0.4, 0.5) is 0 Å². The zero-order valence-electron chi connectivity index (χ0n) is 25.0. The van der Waals surface area contributed by atoms with Crippen LogP contribution in [-0.4, -0.2) is 50.0 Å². The molecular weight excluding hydrogens is 488 g/mol. The van der Waals surface area contributed by atoms with Crippen LogP contribution in [-0.2, 0) is 16.0 Å². The maximum Gasteiger partial charge on any atom is 0.225 e. The van der Waals surface area contributed by atoms with Gasteiger partial charge in [0.05, 0.1) is 12.7 Å². The summed E-state index contributed by atoms with van der Waals surface area (Å²) in [7, 11) is 1.70. The third-order valence-electron chi connectivity index (χ3n) is 7.63. The molecule has 0 radical (unpaired) electrons. The monoisotopic (exact) mass is 540 g/mol. The van der Waals surface area contributed by atoms with Crippen molar-refractivity contribution < 1.29 is 19.4 Å². The predicted molar refractivity (Wildman–Crippen MR) is 161 cm³/mol. The molecule has 0 saturated heterocycles. The number of carbonyl (C=O) groups excluding carboxylic acids is 1. The van der Waals surface area contributed by atoms with Gasteiger partial charge in [0.15, 0.2) is 0 Å². The maximum absolute atomic E-state index is 12.7. The average molecular weight is 541 g/mol. The van der Waals surface area contributed by atoms with Gasteiger partial charge in [-0.15, -0.1) is 0 Å². The summed E-state index contributed by atoms with van der Waals surface area (Å²) in [6, 6.07) is 16.3. The van der Waals surface area contributed by atoms with E-state index < -0.39 is 17.6 Å². The van der Waals surface area contributed by atoms with Gasteiger partial charge >= 0.3 is 0 Å². The predicted octanol–water partition coefficient (Wildman–Crippen LogP) is 5.99. The van der Waals surface area contributed by atoms with Crippen LogP contribution in [0.15, 0.2) is 48.5 Å². The zero-order chi connectivity index (χ0) is 28.8. The first-order valence-electron chi connectivity index (χ1n) is 14.6.